The lowest BCUT2D eigenvalue weighted by molar-refractivity contribution is -0.101. The summed E-state index contributed by atoms with van der Waals surface area (Å²) in [6, 6.07) is 1.55. The number of hydrogen-bond acceptors (Lipinski definition) is 2. The predicted octanol–water partition coefficient (Wildman–Crippen LogP) is 1.68. The highest BCUT2D eigenvalue weighted by molar-refractivity contribution is 5.15. The summed E-state index contributed by atoms with van der Waals surface area (Å²) in [5.74, 6) is -3.94. The molecule has 1 fully saturated rings. The van der Waals surface area contributed by atoms with Crippen LogP contribution in [0.25, 0.3) is 0 Å². The number of nitrogens with zero attached hydrogens (tertiary/aromatic N) is 2. The normalized spacial score (nSPS) is 30.4. The van der Waals surface area contributed by atoms with Crippen LogP contribution in [0.15, 0.2) is 12.3 Å². The van der Waals surface area contributed by atoms with Gasteiger partial charge in [0.25, 0.3) is 5.92 Å². The summed E-state index contributed by atoms with van der Waals surface area (Å²) in [5.41, 5.74) is 0.409. The summed E-state index contributed by atoms with van der Waals surface area (Å²) in [4.78, 5) is 0. The molecule has 15 heavy (non-hydrogen) atoms. The van der Waals surface area contributed by atoms with E-state index in [9.17, 15) is 13.9 Å². The van der Waals surface area contributed by atoms with Gasteiger partial charge < -0.3 is 5.11 Å². The van der Waals surface area contributed by atoms with Crippen LogP contribution in [0, 0.1) is 0 Å². The van der Waals surface area contributed by atoms with E-state index in [1.54, 1.807) is 13.1 Å². The maximum absolute atomic E-state index is 13.7. The molecule has 1 aliphatic rings. The summed E-state index contributed by atoms with van der Waals surface area (Å²) in [6.45, 7) is 0. The Kier molecular flexibility index (Phi) is 2.50. The highest BCUT2D eigenvalue weighted by Gasteiger charge is 2.48. The number of aryl methyl sites for hydroxylation is 1. The van der Waals surface area contributed by atoms with Crippen LogP contribution in [-0.2, 0) is 7.05 Å². The van der Waals surface area contributed by atoms with Gasteiger partial charge in [-0.2, -0.15) is 5.10 Å². The Hall–Kier alpha value is -0.970. The van der Waals surface area contributed by atoms with Crippen LogP contribution in [0.1, 0.15) is 30.9 Å². The van der Waals surface area contributed by atoms with E-state index >= 15 is 0 Å². The zero-order valence-corrected chi connectivity index (χ0v) is 8.53. The molecule has 0 aliphatic heterocycles. The van der Waals surface area contributed by atoms with Gasteiger partial charge in [0.15, 0.2) is 0 Å². The van der Waals surface area contributed by atoms with Crippen LogP contribution >= 0.6 is 0 Å². The molecule has 0 bridgehead atoms. The second-order valence-electron chi connectivity index (χ2n) is 4.08. The molecule has 2 rings (SSSR count). The first-order valence-electron chi connectivity index (χ1n) is 5.06. The van der Waals surface area contributed by atoms with E-state index in [0.29, 0.717) is 18.5 Å². The van der Waals surface area contributed by atoms with Crippen LogP contribution in [0.3, 0.4) is 0 Å². The maximum Gasteiger partial charge on any atom is 0.258 e. The molecule has 0 saturated heterocycles. The Morgan fingerprint density at radius 2 is 2.33 bits per heavy atom. The molecule has 1 saturated carbocycles. The molecule has 5 heteroatoms. The molecule has 0 radical (unpaired) electrons. The average molecular weight is 216 g/mol. The van der Waals surface area contributed by atoms with Crippen molar-refractivity contribution in [1.82, 2.24) is 9.78 Å². The molecular formula is C10H14F2N2O. The van der Waals surface area contributed by atoms with Gasteiger partial charge in [-0.1, -0.05) is 0 Å². The van der Waals surface area contributed by atoms with Gasteiger partial charge in [-0.25, -0.2) is 8.78 Å². The van der Waals surface area contributed by atoms with E-state index in [-0.39, 0.29) is 6.42 Å². The van der Waals surface area contributed by atoms with E-state index < -0.39 is 17.9 Å². The van der Waals surface area contributed by atoms with Crippen LogP contribution in [0.2, 0.25) is 0 Å². The minimum absolute atomic E-state index is 0.153. The van der Waals surface area contributed by atoms with Gasteiger partial charge in [-0.05, 0) is 18.9 Å². The topological polar surface area (TPSA) is 38.0 Å². The van der Waals surface area contributed by atoms with Crippen molar-refractivity contribution in [3.05, 3.63) is 18.0 Å². The number of aliphatic hydroxyl groups is 1. The largest absolute Gasteiger partial charge is 0.392 e. The summed E-state index contributed by atoms with van der Waals surface area (Å²) in [6.07, 6.45) is 1.17. The molecule has 0 aromatic carbocycles. The van der Waals surface area contributed by atoms with Crippen molar-refractivity contribution in [2.24, 2.45) is 7.05 Å². The summed E-state index contributed by atoms with van der Waals surface area (Å²) in [5, 5.41) is 13.5. The predicted molar refractivity (Wildman–Crippen MR) is 50.8 cm³/mol. The first-order chi connectivity index (χ1) is 7.02. The van der Waals surface area contributed by atoms with Crippen molar-refractivity contribution >= 4 is 0 Å². The van der Waals surface area contributed by atoms with Crippen molar-refractivity contribution in [3.63, 3.8) is 0 Å². The standard InChI is InChI=1S/C10H14F2N2O/c1-14-7(4-6-13-14)9-8(15)3-2-5-10(9,11)12/h4,6,8-9,15H,2-3,5H2,1H3. The van der Waals surface area contributed by atoms with Gasteiger partial charge in [0.2, 0.25) is 0 Å². The van der Waals surface area contributed by atoms with Gasteiger partial charge in [-0.15, -0.1) is 0 Å². The fraction of sp³-hybridized carbons (Fsp3) is 0.700. The van der Waals surface area contributed by atoms with E-state index in [0.717, 1.165) is 0 Å². The Morgan fingerprint density at radius 3 is 2.87 bits per heavy atom. The molecule has 1 heterocycles. The van der Waals surface area contributed by atoms with Crippen molar-refractivity contribution in [2.45, 2.75) is 37.2 Å². The fourth-order valence-corrected chi connectivity index (χ4v) is 2.25. The van der Waals surface area contributed by atoms with Gasteiger partial charge >= 0.3 is 0 Å². The molecule has 3 nitrogen and oxygen atoms in total. The third-order valence-corrected chi connectivity index (χ3v) is 3.03. The van der Waals surface area contributed by atoms with Crippen LogP contribution < -0.4 is 0 Å². The number of halogens is 2. The lowest BCUT2D eigenvalue weighted by Crippen LogP contribution is -2.40. The summed E-state index contributed by atoms with van der Waals surface area (Å²) < 4.78 is 28.7. The van der Waals surface area contributed by atoms with Gasteiger partial charge in [-0.3, -0.25) is 4.68 Å². The number of aliphatic hydroxyl groups excluding tert-OH is 1. The second-order valence-corrected chi connectivity index (χ2v) is 4.08. The minimum Gasteiger partial charge on any atom is -0.392 e. The van der Waals surface area contributed by atoms with Gasteiger partial charge in [0.05, 0.1) is 12.0 Å². The highest BCUT2D eigenvalue weighted by Crippen LogP contribution is 2.44. The lowest BCUT2D eigenvalue weighted by Gasteiger charge is -2.35. The van der Waals surface area contributed by atoms with Crippen molar-refractivity contribution in [2.75, 3.05) is 0 Å². The van der Waals surface area contributed by atoms with Crippen molar-refractivity contribution in [3.8, 4) is 0 Å². The third-order valence-electron chi connectivity index (χ3n) is 3.03. The van der Waals surface area contributed by atoms with Crippen LogP contribution in [0.4, 0.5) is 8.78 Å². The Balaban J connectivity index is 2.36. The number of aromatic nitrogens is 2. The molecule has 1 aliphatic carbocycles. The Labute approximate surface area is 86.7 Å². The fourth-order valence-electron chi connectivity index (χ4n) is 2.25. The Bertz CT molecular complexity index is 351. The first-order valence-corrected chi connectivity index (χ1v) is 5.06. The van der Waals surface area contributed by atoms with Crippen molar-refractivity contribution in [1.29, 1.82) is 0 Å². The molecular weight excluding hydrogens is 202 g/mol. The molecule has 1 aromatic heterocycles. The maximum atomic E-state index is 13.7. The average Bonchev–Trinajstić information content (AvgIpc) is 2.50. The molecule has 1 N–H and O–H groups in total. The van der Waals surface area contributed by atoms with Crippen LogP contribution in [0.5, 0.6) is 0 Å². The zero-order chi connectivity index (χ0) is 11.1. The quantitative estimate of drug-likeness (QED) is 0.775. The van der Waals surface area contributed by atoms with E-state index in [4.69, 9.17) is 0 Å². The third kappa shape index (κ3) is 1.76. The molecule has 0 spiro atoms. The second kappa shape index (κ2) is 3.56. The zero-order valence-electron chi connectivity index (χ0n) is 8.53. The number of alkyl halides is 2. The molecule has 1 aromatic rings. The van der Waals surface area contributed by atoms with E-state index in [2.05, 4.69) is 5.10 Å². The lowest BCUT2D eigenvalue weighted by atomic mass is 9.81. The summed E-state index contributed by atoms with van der Waals surface area (Å²) in [7, 11) is 1.62. The summed E-state index contributed by atoms with van der Waals surface area (Å²) >= 11 is 0. The molecule has 2 unspecified atom stereocenters. The minimum atomic E-state index is -2.83. The van der Waals surface area contributed by atoms with E-state index in [1.165, 1.54) is 10.9 Å². The molecule has 0 amide bonds. The molecule has 84 valence electrons. The van der Waals surface area contributed by atoms with Gasteiger partial charge in [0.1, 0.15) is 0 Å². The number of rotatable bonds is 1. The first kappa shape index (κ1) is 10.5. The smallest absolute Gasteiger partial charge is 0.258 e. The molecule has 2 atom stereocenters. The SMILES string of the molecule is Cn1nccc1C1C(O)CCCC1(F)F. The monoisotopic (exact) mass is 216 g/mol. The highest BCUT2D eigenvalue weighted by atomic mass is 19.3. The number of hydrogen-bond donors (Lipinski definition) is 1. The Morgan fingerprint density at radius 1 is 1.60 bits per heavy atom. The van der Waals surface area contributed by atoms with Crippen LogP contribution in [-0.4, -0.2) is 26.9 Å². The van der Waals surface area contributed by atoms with E-state index in [1.807, 2.05) is 0 Å². The van der Waals surface area contributed by atoms with Crippen molar-refractivity contribution < 1.29 is 13.9 Å². The van der Waals surface area contributed by atoms with Gasteiger partial charge in [0, 0.05) is 25.4 Å².